The third kappa shape index (κ3) is 3.63. The van der Waals surface area contributed by atoms with Crippen LogP contribution in [0.5, 0.6) is 0 Å². The van der Waals surface area contributed by atoms with Gasteiger partial charge in [0.15, 0.2) is 0 Å². The lowest BCUT2D eigenvalue weighted by molar-refractivity contribution is -0.137. The first-order valence-corrected chi connectivity index (χ1v) is 8.76. The Morgan fingerprint density at radius 2 is 1.85 bits per heavy atom. The highest BCUT2D eigenvalue weighted by Gasteiger charge is 2.34. The van der Waals surface area contributed by atoms with Crippen molar-refractivity contribution in [2.45, 2.75) is 11.1 Å². The van der Waals surface area contributed by atoms with Gasteiger partial charge < -0.3 is 0 Å². The lowest BCUT2D eigenvalue weighted by Gasteiger charge is -2.14. The average Bonchev–Trinajstić information content (AvgIpc) is 3.08. The predicted molar refractivity (Wildman–Crippen MR) is 86.4 cm³/mol. The van der Waals surface area contributed by atoms with E-state index in [9.17, 15) is 21.6 Å². The van der Waals surface area contributed by atoms with E-state index >= 15 is 0 Å². The third-order valence-electron chi connectivity index (χ3n) is 3.30. The zero-order chi connectivity index (χ0) is 18.9. The lowest BCUT2D eigenvalue weighted by atomic mass is 10.2. The molecule has 0 aliphatic carbocycles. The molecule has 0 spiro atoms. The average molecular weight is 404 g/mol. The molecule has 0 saturated carbocycles. The minimum absolute atomic E-state index is 0.0864. The van der Waals surface area contributed by atoms with Crippen LogP contribution in [0.3, 0.4) is 0 Å². The van der Waals surface area contributed by atoms with Crippen molar-refractivity contribution in [3.05, 3.63) is 59.4 Å². The molecule has 12 heteroatoms. The van der Waals surface area contributed by atoms with Gasteiger partial charge in [-0.25, -0.2) is 8.42 Å². The van der Waals surface area contributed by atoms with Crippen LogP contribution in [0.2, 0.25) is 5.02 Å². The van der Waals surface area contributed by atoms with Crippen molar-refractivity contribution < 1.29 is 21.6 Å². The number of tetrazole rings is 1. The van der Waals surface area contributed by atoms with Gasteiger partial charge in [-0.1, -0.05) is 23.7 Å². The van der Waals surface area contributed by atoms with Gasteiger partial charge in [-0.3, -0.25) is 4.72 Å². The second-order valence-corrected chi connectivity index (χ2v) is 7.11. The fraction of sp³-hybridized carbons (Fsp3) is 0.0714. The summed E-state index contributed by atoms with van der Waals surface area (Å²) in [5.41, 5.74) is -0.856. The smallest absolute Gasteiger partial charge is 0.277 e. The number of rotatable bonds is 4. The normalized spacial score (nSPS) is 12.2. The van der Waals surface area contributed by atoms with Gasteiger partial charge in [-0.05, 0) is 40.8 Å². The van der Waals surface area contributed by atoms with Gasteiger partial charge in [-0.2, -0.15) is 17.9 Å². The molecular weight excluding hydrogens is 395 g/mol. The monoisotopic (exact) mass is 403 g/mol. The molecule has 0 saturated heterocycles. The van der Waals surface area contributed by atoms with Gasteiger partial charge in [0.1, 0.15) is 6.33 Å². The van der Waals surface area contributed by atoms with E-state index in [0.29, 0.717) is 11.8 Å². The fourth-order valence-electron chi connectivity index (χ4n) is 2.12. The summed E-state index contributed by atoms with van der Waals surface area (Å²) in [4.78, 5) is -0.583. The number of alkyl halides is 3. The molecule has 136 valence electrons. The number of halogens is 4. The topological polar surface area (TPSA) is 89.8 Å². The molecule has 2 aromatic carbocycles. The first-order chi connectivity index (χ1) is 12.2. The van der Waals surface area contributed by atoms with E-state index in [4.69, 9.17) is 11.6 Å². The van der Waals surface area contributed by atoms with Gasteiger partial charge in [0.05, 0.1) is 26.9 Å². The van der Waals surface area contributed by atoms with Crippen molar-refractivity contribution in [3.8, 4) is 5.69 Å². The molecule has 0 bridgehead atoms. The Kier molecular flexibility index (Phi) is 4.59. The summed E-state index contributed by atoms with van der Waals surface area (Å²) >= 11 is 5.52. The van der Waals surface area contributed by atoms with Crippen LogP contribution in [0.25, 0.3) is 5.69 Å². The number of anilines is 1. The van der Waals surface area contributed by atoms with Crippen molar-refractivity contribution >= 4 is 27.3 Å². The van der Waals surface area contributed by atoms with Crippen LogP contribution in [0.1, 0.15) is 5.56 Å². The molecule has 1 aromatic heterocycles. The molecule has 26 heavy (non-hydrogen) atoms. The zero-order valence-electron chi connectivity index (χ0n) is 12.6. The molecule has 7 nitrogen and oxygen atoms in total. The summed E-state index contributed by atoms with van der Waals surface area (Å²) in [6.07, 6.45) is -3.54. The maximum Gasteiger partial charge on any atom is 0.417 e. The Morgan fingerprint density at radius 1 is 1.12 bits per heavy atom. The van der Waals surface area contributed by atoms with Gasteiger partial charge in [0.25, 0.3) is 10.0 Å². The molecule has 0 atom stereocenters. The number of para-hydroxylation sites is 2. The van der Waals surface area contributed by atoms with Gasteiger partial charge in [0, 0.05) is 0 Å². The molecule has 3 rings (SSSR count). The quantitative estimate of drug-likeness (QED) is 0.722. The van der Waals surface area contributed by atoms with E-state index in [-0.39, 0.29) is 5.69 Å². The van der Waals surface area contributed by atoms with Crippen molar-refractivity contribution in [2.75, 3.05) is 4.72 Å². The van der Waals surface area contributed by atoms with E-state index in [2.05, 4.69) is 20.2 Å². The molecule has 0 amide bonds. The zero-order valence-corrected chi connectivity index (χ0v) is 14.2. The minimum atomic E-state index is -4.78. The maximum absolute atomic E-state index is 13.0. The molecule has 1 heterocycles. The van der Waals surface area contributed by atoms with E-state index < -0.39 is 31.7 Å². The van der Waals surface area contributed by atoms with Gasteiger partial charge in [-0.15, -0.1) is 5.10 Å². The Hall–Kier alpha value is -2.66. The summed E-state index contributed by atoms with van der Waals surface area (Å²) in [5, 5.41) is 9.99. The lowest BCUT2D eigenvalue weighted by Crippen LogP contribution is -2.16. The molecule has 0 aliphatic rings. The highest BCUT2D eigenvalue weighted by atomic mass is 35.5. The van der Waals surface area contributed by atoms with Crippen LogP contribution < -0.4 is 4.72 Å². The number of aromatic nitrogens is 4. The van der Waals surface area contributed by atoms with E-state index in [0.717, 1.165) is 12.1 Å². The molecule has 1 N–H and O–H groups in total. The largest absolute Gasteiger partial charge is 0.417 e. The van der Waals surface area contributed by atoms with E-state index in [1.54, 1.807) is 12.1 Å². The number of nitrogens with one attached hydrogen (secondary N) is 1. The van der Waals surface area contributed by atoms with E-state index in [1.807, 2.05) is 0 Å². The van der Waals surface area contributed by atoms with Crippen molar-refractivity contribution in [1.29, 1.82) is 0 Å². The fourth-order valence-corrected chi connectivity index (χ4v) is 3.45. The first kappa shape index (κ1) is 18.1. The number of benzene rings is 2. The van der Waals surface area contributed by atoms with Crippen LogP contribution in [0.15, 0.2) is 53.7 Å². The summed E-state index contributed by atoms with van der Waals surface area (Å²) < 4.78 is 67.4. The molecule has 0 fully saturated rings. The second kappa shape index (κ2) is 6.57. The van der Waals surface area contributed by atoms with Crippen LogP contribution in [-0.2, 0) is 16.2 Å². The minimum Gasteiger partial charge on any atom is -0.277 e. The van der Waals surface area contributed by atoms with Gasteiger partial charge >= 0.3 is 6.18 Å². The van der Waals surface area contributed by atoms with Crippen molar-refractivity contribution in [2.24, 2.45) is 0 Å². The number of hydrogen-bond acceptors (Lipinski definition) is 5. The summed E-state index contributed by atoms with van der Waals surface area (Å²) in [6, 6.07) is 8.48. The van der Waals surface area contributed by atoms with Crippen LogP contribution >= 0.6 is 11.6 Å². The Balaban J connectivity index is 2.02. The number of sulfonamides is 1. The van der Waals surface area contributed by atoms with Gasteiger partial charge in [0.2, 0.25) is 0 Å². The first-order valence-electron chi connectivity index (χ1n) is 6.90. The SMILES string of the molecule is O=S(=O)(Nc1ccccc1-n1cnnn1)c1ccc(Cl)c(C(F)(F)F)c1. The summed E-state index contributed by atoms with van der Waals surface area (Å²) in [5.74, 6) is 0. The third-order valence-corrected chi connectivity index (χ3v) is 4.99. The highest BCUT2D eigenvalue weighted by molar-refractivity contribution is 7.92. The Labute approximate surface area is 150 Å². The Bertz CT molecular complexity index is 1040. The summed E-state index contributed by atoms with van der Waals surface area (Å²) in [7, 11) is -4.32. The molecule has 0 radical (unpaired) electrons. The molecule has 0 aliphatic heterocycles. The second-order valence-electron chi connectivity index (χ2n) is 5.02. The van der Waals surface area contributed by atoms with Crippen molar-refractivity contribution in [3.63, 3.8) is 0 Å². The van der Waals surface area contributed by atoms with E-state index in [1.165, 1.54) is 23.1 Å². The summed E-state index contributed by atoms with van der Waals surface area (Å²) in [6.45, 7) is 0. The highest BCUT2D eigenvalue weighted by Crippen LogP contribution is 2.36. The molecule has 3 aromatic rings. The molecule has 0 unspecified atom stereocenters. The predicted octanol–water partition coefficient (Wildman–Crippen LogP) is 3.14. The van der Waals surface area contributed by atoms with Crippen LogP contribution in [0.4, 0.5) is 18.9 Å². The Morgan fingerprint density at radius 3 is 2.50 bits per heavy atom. The maximum atomic E-state index is 13.0. The van der Waals surface area contributed by atoms with Crippen LogP contribution in [-0.4, -0.2) is 28.6 Å². The van der Waals surface area contributed by atoms with Crippen LogP contribution in [0, 0.1) is 0 Å². The molecular formula is C14H9ClF3N5O2S. The number of nitrogens with zero attached hydrogens (tertiary/aromatic N) is 4. The number of hydrogen-bond donors (Lipinski definition) is 1. The standard InChI is InChI=1S/C14H9ClF3N5O2S/c15-11-6-5-9(7-10(11)14(16,17)18)26(24,25)20-12-3-1-2-4-13(12)23-8-19-21-22-23/h1-8,20H. The van der Waals surface area contributed by atoms with Crippen molar-refractivity contribution in [1.82, 2.24) is 20.2 Å².